The summed E-state index contributed by atoms with van der Waals surface area (Å²) < 4.78 is 1.94. The van der Waals surface area contributed by atoms with E-state index in [2.05, 4.69) is 42.4 Å². The van der Waals surface area contributed by atoms with Gasteiger partial charge in [0.1, 0.15) is 0 Å². The lowest BCUT2D eigenvalue weighted by molar-refractivity contribution is 0.390. The normalized spacial score (nSPS) is 14.3. The molecule has 3 nitrogen and oxygen atoms in total. The molecule has 1 heterocycles. The standard InChI is InChI=1S/C16H23N3/c1-4-10-16(17,14-8-6-5-7-9-14)12-15-11-13(2)18-19(15)3/h5-9,11H,4,10,12,17H2,1-3H3. The molecule has 2 rings (SSSR count). The first-order chi connectivity index (χ1) is 9.05. The molecule has 19 heavy (non-hydrogen) atoms. The maximum atomic E-state index is 6.70. The molecule has 1 atom stereocenters. The quantitative estimate of drug-likeness (QED) is 0.895. The Morgan fingerprint density at radius 2 is 1.95 bits per heavy atom. The Morgan fingerprint density at radius 3 is 2.47 bits per heavy atom. The fourth-order valence-electron chi connectivity index (χ4n) is 2.70. The van der Waals surface area contributed by atoms with Gasteiger partial charge in [-0.15, -0.1) is 0 Å². The third-order valence-corrected chi connectivity index (χ3v) is 3.64. The van der Waals surface area contributed by atoms with Gasteiger partial charge in [0.25, 0.3) is 0 Å². The van der Waals surface area contributed by atoms with Crippen LogP contribution >= 0.6 is 0 Å². The smallest absolute Gasteiger partial charge is 0.0596 e. The van der Waals surface area contributed by atoms with Crippen molar-refractivity contribution < 1.29 is 0 Å². The Bertz CT molecular complexity index is 530. The van der Waals surface area contributed by atoms with Crippen molar-refractivity contribution in [3.63, 3.8) is 0 Å². The van der Waals surface area contributed by atoms with Crippen molar-refractivity contribution in [2.75, 3.05) is 0 Å². The molecule has 102 valence electrons. The second kappa shape index (κ2) is 5.57. The highest BCUT2D eigenvalue weighted by molar-refractivity contribution is 5.27. The average molecular weight is 257 g/mol. The molecule has 0 amide bonds. The lowest BCUT2D eigenvalue weighted by atomic mass is 9.82. The van der Waals surface area contributed by atoms with Gasteiger partial charge in [0.2, 0.25) is 0 Å². The number of nitrogens with zero attached hydrogens (tertiary/aromatic N) is 2. The summed E-state index contributed by atoms with van der Waals surface area (Å²) in [5.74, 6) is 0. The second-order valence-electron chi connectivity index (χ2n) is 5.35. The van der Waals surface area contributed by atoms with E-state index >= 15 is 0 Å². The molecule has 0 radical (unpaired) electrons. The van der Waals surface area contributed by atoms with Gasteiger partial charge in [-0.25, -0.2) is 0 Å². The van der Waals surface area contributed by atoms with Crippen LogP contribution in [0.2, 0.25) is 0 Å². The SMILES string of the molecule is CCCC(N)(Cc1cc(C)nn1C)c1ccccc1. The van der Waals surface area contributed by atoms with E-state index in [1.807, 2.05) is 24.7 Å². The van der Waals surface area contributed by atoms with Crippen LogP contribution in [0, 0.1) is 6.92 Å². The van der Waals surface area contributed by atoms with Crippen molar-refractivity contribution >= 4 is 0 Å². The summed E-state index contributed by atoms with van der Waals surface area (Å²) in [7, 11) is 1.99. The number of aryl methyl sites for hydroxylation is 2. The molecule has 0 aliphatic carbocycles. The zero-order valence-electron chi connectivity index (χ0n) is 12.1. The average Bonchev–Trinajstić information content (AvgIpc) is 2.69. The molecule has 1 aromatic carbocycles. The maximum absolute atomic E-state index is 6.70. The first-order valence-corrected chi connectivity index (χ1v) is 6.89. The van der Waals surface area contributed by atoms with Gasteiger partial charge in [-0.05, 0) is 25.0 Å². The molecule has 1 unspecified atom stereocenters. The Morgan fingerprint density at radius 1 is 1.26 bits per heavy atom. The maximum Gasteiger partial charge on any atom is 0.0596 e. The minimum atomic E-state index is -0.309. The number of benzene rings is 1. The summed E-state index contributed by atoms with van der Waals surface area (Å²) in [4.78, 5) is 0. The monoisotopic (exact) mass is 257 g/mol. The summed E-state index contributed by atoms with van der Waals surface area (Å²) in [6.45, 7) is 4.20. The summed E-state index contributed by atoms with van der Waals surface area (Å²) in [5.41, 5.74) is 9.83. The van der Waals surface area contributed by atoms with Crippen LogP contribution in [-0.4, -0.2) is 9.78 Å². The number of hydrogen-bond donors (Lipinski definition) is 1. The van der Waals surface area contributed by atoms with E-state index in [4.69, 9.17) is 5.73 Å². The molecule has 0 spiro atoms. The Kier molecular flexibility index (Phi) is 4.05. The van der Waals surface area contributed by atoms with E-state index in [1.165, 1.54) is 11.3 Å². The van der Waals surface area contributed by atoms with E-state index in [1.54, 1.807) is 0 Å². The van der Waals surface area contributed by atoms with Crippen molar-refractivity contribution in [2.24, 2.45) is 12.8 Å². The van der Waals surface area contributed by atoms with E-state index < -0.39 is 0 Å². The Hall–Kier alpha value is -1.61. The molecule has 0 saturated heterocycles. The van der Waals surface area contributed by atoms with Crippen molar-refractivity contribution in [3.8, 4) is 0 Å². The van der Waals surface area contributed by atoms with Crippen molar-refractivity contribution in [1.82, 2.24) is 9.78 Å². The van der Waals surface area contributed by atoms with Crippen molar-refractivity contribution in [1.29, 1.82) is 0 Å². The summed E-state index contributed by atoms with van der Waals surface area (Å²) in [5, 5.41) is 4.41. The molecule has 0 aliphatic rings. The highest BCUT2D eigenvalue weighted by Gasteiger charge is 2.27. The molecule has 2 aromatic rings. The van der Waals surface area contributed by atoms with Crippen LogP contribution in [0.25, 0.3) is 0 Å². The molecule has 3 heteroatoms. The summed E-state index contributed by atoms with van der Waals surface area (Å²) in [6, 6.07) is 12.5. The fourth-order valence-corrected chi connectivity index (χ4v) is 2.70. The predicted octanol–water partition coefficient (Wildman–Crippen LogP) is 2.93. The van der Waals surface area contributed by atoms with E-state index in [9.17, 15) is 0 Å². The minimum Gasteiger partial charge on any atom is -0.321 e. The van der Waals surface area contributed by atoms with E-state index in [-0.39, 0.29) is 5.54 Å². The lowest BCUT2D eigenvalue weighted by Crippen LogP contribution is -2.39. The lowest BCUT2D eigenvalue weighted by Gasteiger charge is -2.30. The minimum absolute atomic E-state index is 0.309. The third kappa shape index (κ3) is 3.04. The van der Waals surface area contributed by atoms with E-state index in [0.717, 1.165) is 25.0 Å². The van der Waals surface area contributed by atoms with E-state index in [0.29, 0.717) is 0 Å². The number of rotatable bonds is 5. The van der Waals surface area contributed by atoms with Crippen LogP contribution in [0.5, 0.6) is 0 Å². The summed E-state index contributed by atoms with van der Waals surface area (Å²) >= 11 is 0. The van der Waals surface area contributed by atoms with Gasteiger partial charge in [0, 0.05) is 24.7 Å². The van der Waals surface area contributed by atoms with Gasteiger partial charge in [0.15, 0.2) is 0 Å². The Labute approximate surface area is 115 Å². The predicted molar refractivity (Wildman–Crippen MR) is 78.9 cm³/mol. The summed E-state index contributed by atoms with van der Waals surface area (Å²) in [6.07, 6.45) is 2.87. The highest BCUT2D eigenvalue weighted by Crippen LogP contribution is 2.28. The molecule has 0 fully saturated rings. The molecule has 0 aliphatic heterocycles. The fraction of sp³-hybridized carbons (Fsp3) is 0.438. The van der Waals surface area contributed by atoms with Gasteiger partial charge in [-0.2, -0.15) is 5.10 Å². The molecule has 2 N–H and O–H groups in total. The van der Waals surface area contributed by atoms with Gasteiger partial charge >= 0.3 is 0 Å². The van der Waals surface area contributed by atoms with Crippen LogP contribution in [0.4, 0.5) is 0 Å². The highest BCUT2D eigenvalue weighted by atomic mass is 15.3. The first-order valence-electron chi connectivity index (χ1n) is 6.89. The largest absolute Gasteiger partial charge is 0.321 e. The third-order valence-electron chi connectivity index (χ3n) is 3.64. The number of hydrogen-bond acceptors (Lipinski definition) is 2. The zero-order valence-corrected chi connectivity index (χ0v) is 12.1. The molecular weight excluding hydrogens is 234 g/mol. The van der Waals surface area contributed by atoms with Crippen LogP contribution < -0.4 is 5.73 Å². The Balaban J connectivity index is 2.32. The van der Waals surface area contributed by atoms with Crippen LogP contribution in [0.15, 0.2) is 36.4 Å². The zero-order chi connectivity index (χ0) is 13.9. The van der Waals surface area contributed by atoms with Crippen LogP contribution in [0.1, 0.15) is 36.7 Å². The van der Waals surface area contributed by atoms with Crippen LogP contribution in [0.3, 0.4) is 0 Å². The van der Waals surface area contributed by atoms with Gasteiger partial charge < -0.3 is 5.73 Å². The topological polar surface area (TPSA) is 43.8 Å². The molecule has 0 bridgehead atoms. The number of aromatic nitrogens is 2. The van der Waals surface area contributed by atoms with Gasteiger partial charge in [0.05, 0.1) is 5.69 Å². The van der Waals surface area contributed by atoms with Gasteiger partial charge in [-0.3, -0.25) is 4.68 Å². The van der Waals surface area contributed by atoms with Crippen LogP contribution in [-0.2, 0) is 19.0 Å². The number of nitrogens with two attached hydrogens (primary N) is 1. The second-order valence-corrected chi connectivity index (χ2v) is 5.35. The van der Waals surface area contributed by atoms with Gasteiger partial charge in [-0.1, -0.05) is 43.7 Å². The van der Waals surface area contributed by atoms with Crippen molar-refractivity contribution in [3.05, 3.63) is 53.3 Å². The molecule has 1 aromatic heterocycles. The molecule has 0 saturated carbocycles. The first kappa shape index (κ1) is 13.8. The molecular formula is C16H23N3. The van der Waals surface area contributed by atoms with Crippen molar-refractivity contribution in [2.45, 2.75) is 38.6 Å².